The summed E-state index contributed by atoms with van der Waals surface area (Å²) in [6.45, 7) is 0. The lowest BCUT2D eigenvalue weighted by Gasteiger charge is -2.43. The highest BCUT2D eigenvalue weighted by molar-refractivity contribution is 5.09. The monoisotopic (exact) mass is 438 g/mol. The largest absolute Gasteiger partial charge is 0.394 e. The van der Waals surface area contributed by atoms with E-state index in [-0.39, 0.29) is 12.1 Å². The molecule has 4 aliphatic carbocycles. The van der Waals surface area contributed by atoms with Gasteiger partial charge in [-0.25, -0.2) is 0 Å². The summed E-state index contributed by atoms with van der Waals surface area (Å²) in [4.78, 5) is 0. The van der Waals surface area contributed by atoms with Crippen molar-refractivity contribution in [1.29, 1.82) is 0 Å². The molecule has 4 saturated carbocycles. The number of rotatable bonds is 2. The van der Waals surface area contributed by atoms with Crippen LogP contribution in [-0.4, -0.2) is 30.3 Å². The summed E-state index contributed by atoms with van der Waals surface area (Å²) >= 11 is 0. The maximum absolute atomic E-state index is 14.6. The molecule has 2 N–H and O–H groups in total. The minimum Gasteiger partial charge on any atom is -0.310 e. The third-order valence-corrected chi connectivity index (χ3v) is 10.9. The van der Waals surface area contributed by atoms with Crippen LogP contribution >= 0.6 is 0 Å². The predicted molar refractivity (Wildman–Crippen MR) is 117 cm³/mol. The Morgan fingerprint density at radius 3 is 1.42 bits per heavy atom. The van der Waals surface area contributed by atoms with Crippen LogP contribution in [-0.2, 0) is 0 Å². The van der Waals surface area contributed by atoms with Crippen molar-refractivity contribution in [2.24, 2.45) is 41.4 Å². The van der Waals surface area contributed by atoms with Gasteiger partial charge < -0.3 is 10.6 Å². The molecular weight excluding hydrogens is 397 g/mol. The van der Waals surface area contributed by atoms with E-state index in [2.05, 4.69) is 10.6 Å². The molecular formula is C26H41F3N2. The highest BCUT2D eigenvalue weighted by Gasteiger charge is 2.58. The maximum Gasteiger partial charge on any atom is 0.394 e. The van der Waals surface area contributed by atoms with Crippen molar-refractivity contribution in [3.05, 3.63) is 0 Å². The Morgan fingerprint density at radius 2 is 0.968 bits per heavy atom. The van der Waals surface area contributed by atoms with E-state index in [0.717, 1.165) is 37.5 Å². The average Bonchev–Trinajstić information content (AvgIpc) is 3.37. The van der Waals surface area contributed by atoms with Crippen molar-refractivity contribution in [3.63, 3.8) is 0 Å². The third-order valence-electron chi connectivity index (χ3n) is 10.9. The molecule has 0 radical (unpaired) electrons. The van der Waals surface area contributed by atoms with Gasteiger partial charge in [0, 0.05) is 24.2 Å². The fraction of sp³-hybridized carbons (Fsp3) is 1.00. The molecule has 0 aromatic carbocycles. The summed E-state index contributed by atoms with van der Waals surface area (Å²) in [5, 5.41) is 7.31. The van der Waals surface area contributed by atoms with E-state index in [1.165, 1.54) is 64.2 Å². The molecule has 0 bridgehead atoms. The maximum atomic E-state index is 14.6. The first-order valence-electron chi connectivity index (χ1n) is 13.6. The summed E-state index contributed by atoms with van der Waals surface area (Å²) in [6.07, 6.45) is 12.5. The Labute approximate surface area is 185 Å². The van der Waals surface area contributed by atoms with E-state index in [0.29, 0.717) is 35.8 Å². The van der Waals surface area contributed by atoms with Crippen LogP contribution in [0, 0.1) is 41.4 Å². The third kappa shape index (κ3) is 3.78. The van der Waals surface area contributed by atoms with Gasteiger partial charge in [-0.1, -0.05) is 38.5 Å². The zero-order valence-corrected chi connectivity index (χ0v) is 18.9. The van der Waals surface area contributed by atoms with Gasteiger partial charge in [-0.15, -0.1) is 0 Å². The van der Waals surface area contributed by atoms with E-state index in [1.807, 2.05) is 0 Å². The number of hydrogen-bond donors (Lipinski definition) is 2. The first-order valence-corrected chi connectivity index (χ1v) is 13.6. The lowest BCUT2D eigenvalue weighted by Crippen LogP contribution is -2.54. The molecule has 2 heterocycles. The van der Waals surface area contributed by atoms with Gasteiger partial charge in [-0.05, 0) is 86.9 Å². The summed E-state index contributed by atoms with van der Waals surface area (Å²) in [6, 6.07) is -0.0634. The number of nitrogens with one attached hydrogen (secondary N) is 2. The van der Waals surface area contributed by atoms with Crippen molar-refractivity contribution >= 4 is 0 Å². The van der Waals surface area contributed by atoms with Gasteiger partial charge >= 0.3 is 6.18 Å². The first kappa shape index (κ1) is 21.3. The number of alkyl halides is 3. The molecule has 6 aliphatic rings. The lowest BCUT2D eigenvalue weighted by molar-refractivity contribution is -0.189. The molecule has 6 rings (SSSR count). The van der Waals surface area contributed by atoms with Crippen LogP contribution in [0.3, 0.4) is 0 Å². The Morgan fingerprint density at radius 1 is 0.548 bits per heavy atom. The molecule has 176 valence electrons. The fourth-order valence-electron chi connectivity index (χ4n) is 9.62. The molecule has 6 fully saturated rings. The van der Waals surface area contributed by atoms with Gasteiger partial charge in [0.15, 0.2) is 0 Å². The Kier molecular flexibility index (Phi) is 5.61. The van der Waals surface area contributed by atoms with Crippen molar-refractivity contribution in [2.75, 3.05) is 0 Å². The standard InChI is InChI=1S/C26H41F3N2/c27-26(28,29)23(21-13-17-11-9-15-5-1-3-7-19(15)24(17)30-21)22-14-18-12-10-16-6-2-4-8-20(16)25(18)31-22/h15-25,30-31H,1-14H2. The van der Waals surface area contributed by atoms with Crippen molar-refractivity contribution in [3.8, 4) is 0 Å². The zero-order valence-electron chi connectivity index (χ0n) is 18.9. The quantitative estimate of drug-likeness (QED) is 0.548. The van der Waals surface area contributed by atoms with Crippen LogP contribution in [0.2, 0.25) is 0 Å². The Balaban J connectivity index is 1.20. The SMILES string of the molecule is FC(F)(F)C(C1CC2CCC3CCCCC3C2N1)C1CC2CCC3CCCCC3C2N1. The number of hydrogen-bond acceptors (Lipinski definition) is 2. The second-order valence-electron chi connectivity index (χ2n) is 12.2. The van der Waals surface area contributed by atoms with Crippen molar-refractivity contribution < 1.29 is 13.2 Å². The molecule has 2 nitrogen and oxygen atoms in total. The number of halogens is 3. The molecule has 0 amide bonds. The molecule has 2 saturated heterocycles. The van der Waals surface area contributed by atoms with Crippen molar-refractivity contribution in [2.45, 2.75) is 120 Å². The van der Waals surface area contributed by atoms with Gasteiger partial charge in [0.2, 0.25) is 0 Å². The summed E-state index contributed by atoms with van der Waals surface area (Å²) in [5.41, 5.74) is 0. The molecule has 10 atom stereocenters. The summed E-state index contributed by atoms with van der Waals surface area (Å²) < 4.78 is 43.7. The van der Waals surface area contributed by atoms with E-state index in [4.69, 9.17) is 0 Å². The van der Waals surface area contributed by atoms with Gasteiger partial charge in [-0.2, -0.15) is 13.2 Å². The second-order valence-corrected chi connectivity index (χ2v) is 12.2. The van der Waals surface area contributed by atoms with E-state index in [1.54, 1.807) is 0 Å². The highest BCUT2D eigenvalue weighted by atomic mass is 19.4. The van der Waals surface area contributed by atoms with E-state index in [9.17, 15) is 13.2 Å². The molecule has 0 aromatic heterocycles. The van der Waals surface area contributed by atoms with Gasteiger partial charge in [0.1, 0.15) is 0 Å². The average molecular weight is 439 g/mol. The Bertz CT molecular complexity index is 603. The molecule has 2 aliphatic heterocycles. The summed E-state index contributed by atoms with van der Waals surface area (Å²) in [5.74, 6) is 2.53. The smallest absolute Gasteiger partial charge is 0.310 e. The van der Waals surface area contributed by atoms with Crippen LogP contribution in [0.1, 0.15) is 89.9 Å². The molecule has 10 unspecified atom stereocenters. The normalized spacial score (nSPS) is 50.8. The van der Waals surface area contributed by atoms with Crippen LogP contribution in [0.5, 0.6) is 0 Å². The van der Waals surface area contributed by atoms with Crippen molar-refractivity contribution in [1.82, 2.24) is 10.6 Å². The van der Waals surface area contributed by atoms with Gasteiger partial charge in [0.25, 0.3) is 0 Å². The minimum absolute atomic E-state index is 0.348. The Hall–Kier alpha value is -0.290. The lowest BCUT2D eigenvalue weighted by atomic mass is 9.65. The van der Waals surface area contributed by atoms with Gasteiger partial charge in [0.05, 0.1) is 5.92 Å². The topological polar surface area (TPSA) is 24.1 Å². The highest BCUT2D eigenvalue weighted by Crippen LogP contribution is 2.52. The predicted octanol–water partition coefficient (Wildman–Crippen LogP) is 6.06. The van der Waals surface area contributed by atoms with Gasteiger partial charge in [-0.3, -0.25) is 0 Å². The van der Waals surface area contributed by atoms with E-state index < -0.39 is 12.1 Å². The summed E-state index contributed by atoms with van der Waals surface area (Å²) in [7, 11) is 0. The van der Waals surface area contributed by atoms with Crippen LogP contribution in [0.4, 0.5) is 13.2 Å². The molecule has 0 spiro atoms. The van der Waals surface area contributed by atoms with Crippen LogP contribution in [0.15, 0.2) is 0 Å². The van der Waals surface area contributed by atoms with Crippen LogP contribution < -0.4 is 10.6 Å². The van der Waals surface area contributed by atoms with E-state index >= 15 is 0 Å². The number of fused-ring (bicyclic) bond motifs is 6. The fourth-order valence-corrected chi connectivity index (χ4v) is 9.62. The molecule has 0 aromatic rings. The molecule has 31 heavy (non-hydrogen) atoms. The second kappa shape index (κ2) is 8.18. The van der Waals surface area contributed by atoms with Crippen LogP contribution in [0.25, 0.3) is 0 Å². The first-order chi connectivity index (χ1) is 15.0. The molecule has 5 heteroatoms. The zero-order chi connectivity index (χ0) is 21.2. The minimum atomic E-state index is -4.12.